The van der Waals surface area contributed by atoms with Crippen molar-refractivity contribution in [3.8, 4) is 0 Å². The molecule has 3 N–H and O–H groups in total. The molecule has 1 aromatic carbocycles. The molecule has 5 heteroatoms. The Kier molecular flexibility index (Phi) is 2.49. The van der Waals surface area contributed by atoms with Crippen LogP contribution in [0.1, 0.15) is 25.7 Å². The molecule has 1 amide bonds. The van der Waals surface area contributed by atoms with Crippen LogP contribution in [0, 0.1) is 17.8 Å². The van der Waals surface area contributed by atoms with Crippen LogP contribution in [0.5, 0.6) is 0 Å². The molecule has 0 aliphatic heterocycles. The molecule has 2 aliphatic rings. The van der Waals surface area contributed by atoms with Crippen molar-refractivity contribution in [3.63, 3.8) is 0 Å². The predicted octanol–water partition coefficient (Wildman–Crippen LogP) is 2.23. The molecule has 2 aromatic rings. The SMILES string of the molecule is O=C(Nc1ccc2[nH]c(=O)[nH]c2c1)C1CC2CCC1C2. The van der Waals surface area contributed by atoms with Crippen molar-refractivity contribution >= 4 is 22.6 Å². The van der Waals surface area contributed by atoms with Gasteiger partial charge >= 0.3 is 5.69 Å². The van der Waals surface area contributed by atoms with Crippen LogP contribution in [-0.2, 0) is 4.79 Å². The molecular weight excluding hydrogens is 254 g/mol. The van der Waals surface area contributed by atoms with E-state index in [1.165, 1.54) is 19.3 Å². The Bertz CT molecular complexity index is 730. The first-order valence-corrected chi connectivity index (χ1v) is 7.22. The molecule has 1 heterocycles. The zero-order chi connectivity index (χ0) is 13.7. The Hall–Kier alpha value is -2.04. The van der Waals surface area contributed by atoms with E-state index in [1.807, 2.05) is 12.1 Å². The van der Waals surface area contributed by atoms with Gasteiger partial charge in [-0.15, -0.1) is 0 Å². The van der Waals surface area contributed by atoms with E-state index in [-0.39, 0.29) is 17.5 Å². The van der Waals surface area contributed by atoms with Gasteiger partial charge in [-0.1, -0.05) is 6.42 Å². The molecule has 3 atom stereocenters. The molecule has 104 valence electrons. The maximum Gasteiger partial charge on any atom is 0.323 e. The van der Waals surface area contributed by atoms with Gasteiger partial charge in [0.25, 0.3) is 0 Å². The second-order valence-electron chi connectivity index (χ2n) is 6.11. The van der Waals surface area contributed by atoms with Crippen LogP contribution in [0.4, 0.5) is 5.69 Å². The minimum absolute atomic E-state index is 0.134. The van der Waals surface area contributed by atoms with Crippen molar-refractivity contribution in [1.29, 1.82) is 0 Å². The summed E-state index contributed by atoms with van der Waals surface area (Å²) in [6.45, 7) is 0. The van der Waals surface area contributed by atoms with Crippen LogP contribution in [-0.4, -0.2) is 15.9 Å². The number of hydrogen-bond donors (Lipinski definition) is 3. The van der Waals surface area contributed by atoms with Gasteiger partial charge in [0.15, 0.2) is 0 Å². The van der Waals surface area contributed by atoms with Crippen LogP contribution >= 0.6 is 0 Å². The lowest BCUT2D eigenvalue weighted by molar-refractivity contribution is -0.121. The summed E-state index contributed by atoms with van der Waals surface area (Å²) < 4.78 is 0. The smallest absolute Gasteiger partial charge is 0.323 e. The van der Waals surface area contributed by atoms with Gasteiger partial charge in [-0.3, -0.25) is 4.79 Å². The van der Waals surface area contributed by atoms with E-state index in [0.717, 1.165) is 29.1 Å². The normalized spacial score (nSPS) is 28.1. The number of rotatable bonds is 2. The molecule has 2 aliphatic carbocycles. The van der Waals surface area contributed by atoms with Crippen molar-refractivity contribution in [2.24, 2.45) is 17.8 Å². The number of aromatic amines is 2. The van der Waals surface area contributed by atoms with Gasteiger partial charge in [0.05, 0.1) is 11.0 Å². The topological polar surface area (TPSA) is 77.8 Å². The highest BCUT2D eigenvalue weighted by Gasteiger charge is 2.42. The summed E-state index contributed by atoms with van der Waals surface area (Å²) in [7, 11) is 0. The van der Waals surface area contributed by atoms with Gasteiger partial charge in [0.1, 0.15) is 0 Å². The number of anilines is 1. The van der Waals surface area contributed by atoms with E-state index in [4.69, 9.17) is 0 Å². The number of aromatic nitrogens is 2. The molecule has 2 saturated carbocycles. The monoisotopic (exact) mass is 271 g/mol. The Morgan fingerprint density at radius 2 is 2.00 bits per heavy atom. The molecule has 1 aromatic heterocycles. The maximum absolute atomic E-state index is 12.4. The highest BCUT2D eigenvalue weighted by Crippen LogP contribution is 2.48. The van der Waals surface area contributed by atoms with Crippen LogP contribution < -0.4 is 11.0 Å². The van der Waals surface area contributed by atoms with Crippen molar-refractivity contribution in [1.82, 2.24) is 9.97 Å². The van der Waals surface area contributed by atoms with E-state index in [2.05, 4.69) is 15.3 Å². The van der Waals surface area contributed by atoms with Crippen molar-refractivity contribution < 1.29 is 4.79 Å². The minimum atomic E-state index is -0.225. The summed E-state index contributed by atoms with van der Waals surface area (Å²) in [6.07, 6.45) is 4.76. The predicted molar refractivity (Wildman–Crippen MR) is 76.5 cm³/mol. The molecular formula is C15H17N3O2. The second-order valence-corrected chi connectivity index (χ2v) is 6.11. The third-order valence-corrected chi connectivity index (χ3v) is 4.86. The lowest BCUT2D eigenvalue weighted by atomic mass is 9.88. The molecule has 5 nitrogen and oxygen atoms in total. The molecule has 3 unspecified atom stereocenters. The Balaban J connectivity index is 1.54. The van der Waals surface area contributed by atoms with Crippen molar-refractivity contribution in [2.75, 3.05) is 5.32 Å². The van der Waals surface area contributed by atoms with Gasteiger partial charge in [-0.2, -0.15) is 0 Å². The Morgan fingerprint density at radius 3 is 2.75 bits per heavy atom. The summed E-state index contributed by atoms with van der Waals surface area (Å²) in [5, 5.41) is 3.00. The number of hydrogen-bond acceptors (Lipinski definition) is 2. The van der Waals surface area contributed by atoms with E-state index >= 15 is 0 Å². The molecule has 4 rings (SSSR count). The summed E-state index contributed by atoms with van der Waals surface area (Å²) >= 11 is 0. The highest BCUT2D eigenvalue weighted by molar-refractivity contribution is 5.94. The van der Waals surface area contributed by atoms with Gasteiger partial charge in [-0.25, -0.2) is 4.79 Å². The summed E-state index contributed by atoms with van der Waals surface area (Å²) in [4.78, 5) is 29.0. The van der Waals surface area contributed by atoms with Crippen molar-refractivity contribution in [3.05, 3.63) is 28.7 Å². The molecule has 20 heavy (non-hydrogen) atoms. The summed E-state index contributed by atoms with van der Waals surface area (Å²) in [6, 6.07) is 5.44. The number of imidazole rings is 1. The van der Waals surface area contributed by atoms with E-state index < -0.39 is 0 Å². The number of nitrogens with one attached hydrogen (secondary N) is 3. The van der Waals surface area contributed by atoms with Gasteiger partial charge in [-0.05, 0) is 49.3 Å². The summed E-state index contributed by atoms with van der Waals surface area (Å²) in [5.41, 5.74) is 2.01. The molecule has 2 bridgehead atoms. The Labute approximate surface area is 115 Å². The third-order valence-electron chi connectivity index (χ3n) is 4.86. The summed E-state index contributed by atoms with van der Waals surface area (Å²) in [5.74, 6) is 1.65. The number of fused-ring (bicyclic) bond motifs is 3. The van der Waals surface area contributed by atoms with Crippen LogP contribution in [0.3, 0.4) is 0 Å². The fourth-order valence-corrected chi connectivity index (χ4v) is 3.91. The second kappa shape index (κ2) is 4.23. The van der Waals surface area contributed by atoms with Crippen LogP contribution in [0.15, 0.2) is 23.0 Å². The minimum Gasteiger partial charge on any atom is -0.326 e. The molecule has 0 spiro atoms. The quantitative estimate of drug-likeness (QED) is 0.783. The largest absolute Gasteiger partial charge is 0.326 e. The first kappa shape index (κ1) is 11.8. The van der Waals surface area contributed by atoms with Crippen LogP contribution in [0.2, 0.25) is 0 Å². The van der Waals surface area contributed by atoms with E-state index in [0.29, 0.717) is 5.92 Å². The number of H-pyrrole nitrogens is 2. The number of carbonyl (C=O) groups is 1. The average molecular weight is 271 g/mol. The standard InChI is InChI=1S/C15H17N3O2/c19-14(11-6-8-1-2-9(11)5-8)16-10-3-4-12-13(7-10)18-15(20)17-12/h3-4,7-9,11H,1-2,5-6H2,(H,16,19)(H2,17,18,20). The third kappa shape index (κ3) is 1.85. The zero-order valence-corrected chi connectivity index (χ0v) is 11.1. The zero-order valence-electron chi connectivity index (χ0n) is 11.1. The van der Waals surface area contributed by atoms with Gasteiger partial charge in [0, 0.05) is 11.6 Å². The van der Waals surface area contributed by atoms with Crippen molar-refractivity contribution in [2.45, 2.75) is 25.7 Å². The fraction of sp³-hybridized carbons (Fsp3) is 0.467. The maximum atomic E-state index is 12.4. The highest BCUT2D eigenvalue weighted by atomic mass is 16.2. The molecule has 0 saturated heterocycles. The fourth-order valence-electron chi connectivity index (χ4n) is 3.91. The van der Waals surface area contributed by atoms with Crippen LogP contribution in [0.25, 0.3) is 11.0 Å². The number of carbonyl (C=O) groups excluding carboxylic acids is 1. The van der Waals surface area contributed by atoms with Gasteiger partial charge < -0.3 is 15.3 Å². The lowest BCUT2D eigenvalue weighted by Crippen LogP contribution is -2.27. The average Bonchev–Trinajstić information content (AvgIpc) is 3.11. The number of benzene rings is 1. The molecule has 0 radical (unpaired) electrons. The molecule has 2 fully saturated rings. The van der Waals surface area contributed by atoms with E-state index in [1.54, 1.807) is 6.07 Å². The Morgan fingerprint density at radius 1 is 1.15 bits per heavy atom. The van der Waals surface area contributed by atoms with Gasteiger partial charge in [0.2, 0.25) is 5.91 Å². The van der Waals surface area contributed by atoms with E-state index in [9.17, 15) is 9.59 Å². The first-order chi connectivity index (χ1) is 9.69. The number of amides is 1. The first-order valence-electron chi connectivity index (χ1n) is 7.22. The lowest BCUT2D eigenvalue weighted by Gasteiger charge is -2.20.